The predicted molar refractivity (Wildman–Crippen MR) is 77.5 cm³/mol. The zero-order chi connectivity index (χ0) is 13.7. The highest BCUT2D eigenvalue weighted by Gasteiger charge is 2.10. The van der Waals surface area contributed by atoms with Gasteiger partial charge in [-0.15, -0.1) is 0 Å². The molecular formula is C15H17N3O. The molecule has 2 aromatic carbocycles. The van der Waals surface area contributed by atoms with Crippen LogP contribution in [0.1, 0.15) is 0 Å². The van der Waals surface area contributed by atoms with Crippen molar-refractivity contribution in [2.75, 3.05) is 11.9 Å². The average Bonchev–Trinajstić information content (AvgIpc) is 2.46. The Kier molecular flexibility index (Phi) is 4.15. The maximum Gasteiger partial charge on any atom is 0.236 e. The molecule has 98 valence electrons. The fourth-order valence-electron chi connectivity index (χ4n) is 1.83. The molecule has 0 aromatic heterocycles. The second-order valence-corrected chi connectivity index (χ2v) is 4.30. The quantitative estimate of drug-likeness (QED) is 0.758. The van der Waals surface area contributed by atoms with Crippen LogP contribution >= 0.6 is 0 Å². The number of nitrogens with one attached hydrogen (secondary N) is 1. The van der Waals surface area contributed by atoms with E-state index in [1.165, 1.54) is 0 Å². The number of hydrogen-bond acceptors (Lipinski definition) is 3. The Bertz CT molecular complexity index is 554. The molecule has 0 radical (unpaired) electrons. The third kappa shape index (κ3) is 3.33. The molecular weight excluding hydrogens is 238 g/mol. The van der Waals surface area contributed by atoms with Crippen molar-refractivity contribution >= 4 is 11.6 Å². The van der Waals surface area contributed by atoms with E-state index in [0.29, 0.717) is 6.54 Å². The van der Waals surface area contributed by atoms with Crippen molar-refractivity contribution in [3.05, 3.63) is 54.6 Å². The fraction of sp³-hybridized carbons (Fsp3) is 0.133. The lowest BCUT2D eigenvalue weighted by molar-refractivity contribution is -0.118. The second-order valence-electron chi connectivity index (χ2n) is 4.30. The smallest absolute Gasteiger partial charge is 0.236 e. The summed E-state index contributed by atoms with van der Waals surface area (Å²) < 4.78 is 0. The summed E-state index contributed by atoms with van der Waals surface area (Å²) in [7, 11) is 0. The van der Waals surface area contributed by atoms with Crippen LogP contribution in [0.4, 0.5) is 5.69 Å². The third-order valence-corrected chi connectivity index (χ3v) is 2.89. The normalized spacial score (nSPS) is 11.8. The number of hydrogen-bond donors (Lipinski definition) is 3. The molecule has 5 N–H and O–H groups in total. The van der Waals surface area contributed by atoms with Gasteiger partial charge in [0, 0.05) is 17.8 Å². The molecule has 1 amide bonds. The highest BCUT2D eigenvalue weighted by atomic mass is 16.1. The van der Waals surface area contributed by atoms with E-state index >= 15 is 0 Å². The summed E-state index contributed by atoms with van der Waals surface area (Å²) in [5.41, 5.74) is 13.9. The topological polar surface area (TPSA) is 81.1 Å². The minimum absolute atomic E-state index is 0.319. The van der Waals surface area contributed by atoms with Crippen LogP contribution < -0.4 is 16.8 Å². The van der Waals surface area contributed by atoms with Crippen molar-refractivity contribution in [3.63, 3.8) is 0 Å². The van der Waals surface area contributed by atoms with Crippen LogP contribution in [0.2, 0.25) is 0 Å². The largest absolute Gasteiger partial charge is 0.382 e. The molecule has 0 saturated carbocycles. The van der Waals surface area contributed by atoms with Crippen molar-refractivity contribution < 1.29 is 4.79 Å². The molecule has 19 heavy (non-hydrogen) atoms. The van der Waals surface area contributed by atoms with E-state index in [9.17, 15) is 4.79 Å². The van der Waals surface area contributed by atoms with Gasteiger partial charge in [-0.05, 0) is 11.6 Å². The summed E-state index contributed by atoms with van der Waals surface area (Å²) in [4.78, 5) is 10.9. The zero-order valence-corrected chi connectivity index (χ0v) is 10.5. The van der Waals surface area contributed by atoms with Gasteiger partial charge in [-0.25, -0.2) is 0 Å². The van der Waals surface area contributed by atoms with Gasteiger partial charge in [0.2, 0.25) is 5.91 Å². The van der Waals surface area contributed by atoms with E-state index in [4.69, 9.17) is 11.5 Å². The summed E-state index contributed by atoms with van der Waals surface area (Å²) in [5.74, 6) is -0.510. The molecule has 1 atom stereocenters. The first-order chi connectivity index (χ1) is 9.18. The van der Waals surface area contributed by atoms with Gasteiger partial charge in [0.1, 0.15) is 6.04 Å². The maximum atomic E-state index is 10.9. The van der Waals surface area contributed by atoms with Gasteiger partial charge in [0.15, 0.2) is 0 Å². The lowest BCUT2D eigenvalue weighted by Gasteiger charge is -2.14. The summed E-state index contributed by atoms with van der Waals surface area (Å²) in [6, 6.07) is 17.2. The highest BCUT2D eigenvalue weighted by Crippen LogP contribution is 2.27. The molecule has 0 aliphatic carbocycles. The molecule has 0 heterocycles. The van der Waals surface area contributed by atoms with Crippen LogP contribution in [0.15, 0.2) is 54.6 Å². The Morgan fingerprint density at radius 2 is 1.68 bits per heavy atom. The number of amides is 1. The number of primary amides is 1. The van der Waals surface area contributed by atoms with Crippen LogP contribution in [-0.2, 0) is 4.79 Å². The standard InChI is InChI=1S/C15H17N3O/c16-13(15(17)19)10-18-14-9-5-4-8-12(14)11-6-2-1-3-7-11/h1-9,13,18H,10,16H2,(H2,17,19). The van der Waals surface area contributed by atoms with Crippen LogP contribution in [0.5, 0.6) is 0 Å². The number of carbonyl (C=O) groups is 1. The number of nitrogens with two attached hydrogens (primary N) is 2. The number of para-hydroxylation sites is 1. The predicted octanol–water partition coefficient (Wildman–Crippen LogP) is 1.58. The first-order valence-corrected chi connectivity index (χ1v) is 6.11. The molecule has 0 aliphatic rings. The fourth-order valence-corrected chi connectivity index (χ4v) is 1.83. The Labute approximate surface area is 112 Å². The van der Waals surface area contributed by atoms with Crippen LogP contribution in [0.3, 0.4) is 0 Å². The SMILES string of the molecule is NC(=O)C(N)CNc1ccccc1-c1ccccc1. The van der Waals surface area contributed by atoms with E-state index in [0.717, 1.165) is 16.8 Å². The monoisotopic (exact) mass is 255 g/mol. The maximum absolute atomic E-state index is 10.9. The van der Waals surface area contributed by atoms with Crippen LogP contribution in [0, 0.1) is 0 Å². The molecule has 0 saturated heterocycles. The summed E-state index contributed by atoms with van der Waals surface area (Å²) in [5, 5.41) is 3.17. The Balaban J connectivity index is 2.20. The van der Waals surface area contributed by atoms with Crippen molar-refractivity contribution in [1.29, 1.82) is 0 Å². The lowest BCUT2D eigenvalue weighted by atomic mass is 10.0. The third-order valence-electron chi connectivity index (χ3n) is 2.89. The minimum Gasteiger partial charge on any atom is -0.382 e. The van der Waals surface area contributed by atoms with Crippen molar-refractivity contribution in [1.82, 2.24) is 0 Å². The number of rotatable bonds is 5. The van der Waals surface area contributed by atoms with E-state index < -0.39 is 11.9 Å². The summed E-state index contributed by atoms with van der Waals surface area (Å²) in [6.45, 7) is 0.319. The molecule has 1 unspecified atom stereocenters. The van der Waals surface area contributed by atoms with E-state index in [2.05, 4.69) is 5.32 Å². The van der Waals surface area contributed by atoms with E-state index in [-0.39, 0.29) is 0 Å². The Morgan fingerprint density at radius 1 is 1.05 bits per heavy atom. The number of benzene rings is 2. The molecule has 4 nitrogen and oxygen atoms in total. The zero-order valence-electron chi connectivity index (χ0n) is 10.5. The van der Waals surface area contributed by atoms with Gasteiger partial charge >= 0.3 is 0 Å². The number of anilines is 1. The second kappa shape index (κ2) is 6.02. The molecule has 2 aromatic rings. The molecule has 0 fully saturated rings. The van der Waals surface area contributed by atoms with Gasteiger partial charge in [0.25, 0.3) is 0 Å². The van der Waals surface area contributed by atoms with Gasteiger partial charge < -0.3 is 16.8 Å². The summed E-state index contributed by atoms with van der Waals surface area (Å²) >= 11 is 0. The Hall–Kier alpha value is -2.33. The molecule has 2 rings (SSSR count). The molecule has 0 spiro atoms. The average molecular weight is 255 g/mol. The van der Waals surface area contributed by atoms with Crippen molar-refractivity contribution in [3.8, 4) is 11.1 Å². The van der Waals surface area contributed by atoms with Gasteiger partial charge in [-0.3, -0.25) is 4.79 Å². The Morgan fingerprint density at radius 3 is 2.37 bits per heavy atom. The first kappa shape index (κ1) is 13.1. The van der Waals surface area contributed by atoms with E-state index in [1.54, 1.807) is 0 Å². The van der Waals surface area contributed by atoms with Crippen LogP contribution in [0.25, 0.3) is 11.1 Å². The minimum atomic E-state index is -0.691. The van der Waals surface area contributed by atoms with Gasteiger partial charge in [-0.2, -0.15) is 0 Å². The summed E-state index contributed by atoms with van der Waals surface area (Å²) in [6.07, 6.45) is 0. The first-order valence-electron chi connectivity index (χ1n) is 6.11. The van der Waals surface area contributed by atoms with E-state index in [1.807, 2.05) is 54.6 Å². The highest BCUT2D eigenvalue weighted by molar-refractivity contribution is 5.81. The lowest BCUT2D eigenvalue weighted by Crippen LogP contribution is -2.41. The van der Waals surface area contributed by atoms with Gasteiger partial charge in [0.05, 0.1) is 0 Å². The molecule has 0 bridgehead atoms. The molecule has 0 aliphatic heterocycles. The van der Waals surface area contributed by atoms with Crippen LogP contribution in [-0.4, -0.2) is 18.5 Å². The van der Waals surface area contributed by atoms with Crippen molar-refractivity contribution in [2.24, 2.45) is 11.5 Å². The molecule has 4 heteroatoms. The number of carbonyl (C=O) groups excluding carboxylic acids is 1. The van der Waals surface area contributed by atoms with Crippen molar-refractivity contribution in [2.45, 2.75) is 6.04 Å². The van der Waals surface area contributed by atoms with Gasteiger partial charge in [-0.1, -0.05) is 48.5 Å².